The van der Waals surface area contributed by atoms with Crippen molar-refractivity contribution in [2.75, 3.05) is 19.7 Å². The van der Waals surface area contributed by atoms with Gasteiger partial charge in [-0.25, -0.2) is 4.98 Å². The summed E-state index contributed by atoms with van der Waals surface area (Å²) in [6, 6.07) is 0. The Hall–Kier alpha value is -0.450. The summed E-state index contributed by atoms with van der Waals surface area (Å²) in [6.07, 6.45) is 6.19. The van der Waals surface area contributed by atoms with Crippen molar-refractivity contribution in [2.45, 2.75) is 64.9 Å². The topological polar surface area (TPSA) is 34.1 Å². The molecule has 1 aromatic rings. The zero-order chi connectivity index (χ0) is 14.4. The zero-order valence-electron chi connectivity index (χ0n) is 13.1. The first-order valence-electron chi connectivity index (χ1n) is 8.11. The van der Waals surface area contributed by atoms with Gasteiger partial charge in [0.15, 0.2) is 0 Å². The van der Waals surface area contributed by atoms with E-state index in [0.717, 1.165) is 26.1 Å². The van der Waals surface area contributed by atoms with Gasteiger partial charge in [0, 0.05) is 23.9 Å². The van der Waals surface area contributed by atoms with Crippen molar-refractivity contribution >= 4 is 11.3 Å². The molecule has 2 unspecified atom stereocenters. The number of thiazole rings is 1. The number of hydrogen-bond acceptors (Lipinski definition) is 4. The molecule has 1 aromatic heterocycles. The third kappa shape index (κ3) is 3.80. The van der Waals surface area contributed by atoms with Crippen molar-refractivity contribution in [3.63, 3.8) is 0 Å². The van der Waals surface area contributed by atoms with Gasteiger partial charge < -0.3 is 10.1 Å². The van der Waals surface area contributed by atoms with Crippen LogP contribution in [0.25, 0.3) is 0 Å². The third-order valence-electron chi connectivity index (χ3n) is 3.92. The van der Waals surface area contributed by atoms with Gasteiger partial charge in [0.25, 0.3) is 0 Å². The molecule has 0 bridgehead atoms. The van der Waals surface area contributed by atoms with Crippen LogP contribution < -0.4 is 5.32 Å². The van der Waals surface area contributed by atoms with Crippen LogP contribution in [0.5, 0.6) is 0 Å². The maximum absolute atomic E-state index is 5.82. The lowest BCUT2D eigenvalue weighted by molar-refractivity contribution is 0.0595. The van der Waals surface area contributed by atoms with Crippen molar-refractivity contribution < 1.29 is 4.74 Å². The minimum Gasteiger partial charge on any atom is -0.371 e. The quantitative estimate of drug-likeness (QED) is 0.735. The normalized spacial score (nSPS) is 19.9. The Labute approximate surface area is 127 Å². The van der Waals surface area contributed by atoms with Gasteiger partial charge in [-0.3, -0.25) is 0 Å². The van der Waals surface area contributed by atoms with Crippen LogP contribution in [0.15, 0.2) is 0 Å². The Morgan fingerprint density at radius 3 is 2.95 bits per heavy atom. The average Bonchev–Trinajstić information content (AvgIpc) is 2.89. The van der Waals surface area contributed by atoms with E-state index in [-0.39, 0.29) is 6.10 Å². The fourth-order valence-corrected chi connectivity index (χ4v) is 4.21. The molecule has 4 heteroatoms. The summed E-state index contributed by atoms with van der Waals surface area (Å²) < 4.78 is 5.82. The maximum Gasteiger partial charge on any atom is 0.122 e. The Kier molecular flexibility index (Phi) is 6.46. The molecule has 0 saturated heterocycles. The lowest BCUT2D eigenvalue weighted by Crippen LogP contribution is -2.24. The van der Waals surface area contributed by atoms with E-state index >= 15 is 0 Å². The second kappa shape index (κ2) is 8.11. The lowest BCUT2D eigenvalue weighted by Gasteiger charge is -2.21. The fourth-order valence-electron chi connectivity index (χ4n) is 2.88. The number of nitrogens with one attached hydrogen (secondary N) is 1. The summed E-state index contributed by atoms with van der Waals surface area (Å²) in [5.41, 5.74) is 1.36. The van der Waals surface area contributed by atoms with Crippen molar-refractivity contribution in [1.82, 2.24) is 10.3 Å². The number of rotatable bonds is 8. The minimum absolute atomic E-state index is 0.194. The smallest absolute Gasteiger partial charge is 0.122 e. The molecule has 1 heterocycles. The van der Waals surface area contributed by atoms with E-state index in [1.807, 2.05) is 11.3 Å². The summed E-state index contributed by atoms with van der Waals surface area (Å²) in [5, 5.41) is 4.75. The first-order valence-corrected chi connectivity index (χ1v) is 8.93. The van der Waals surface area contributed by atoms with E-state index < -0.39 is 0 Å². The molecule has 20 heavy (non-hydrogen) atoms. The number of hydrogen-bond donors (Lipinski definition) is 1. The molecule has 0 amide bonds. The minimum atomic E-state index is 0.194. The molecule has 0 aromatic carbocycles. The highest BCUT2D eigenvalue weighted by Crippen LogP contribution is 2.37. The molecule has 0 radical (unpaired) electrons. The van der Waals surface area contributed by atoms with Crippen LogP contribution in [0.2, 0.25) is 0 Å². The number of aromatic nitrogens is 1. The Morgan fingerprint density at radius 2 is 2.25 bits per heavy atom. The average molecular weight is 296 g/mol. The number of fused-ring (bicyclic) bond motifs is 1. The Bertz CT molecular complexity index is 405. The van der Waals surface area contributed by atoms with Gasteiger partial charge in [0.2, 0.25) is 0 Å². The molecule has 2 atom stereocenters. The maximum atomic E-state index is 5.82. The first kappa shape index (κ1) is 15.9. The van der Waals surface area contributed by atoms with Gasteiger partial charge in [-0.2, -0.15) is 0 Å². The van der Waals surface area contributed by atoms with Crippen LogP contribution in [0, 0.1) is 0 Å². The highest BCUT2D eigenvalue weighted by Gasteiger charge is 2.26. The van der Waals surface area contributed by atoms with E-state index in [2.05, 4.69) is 26.1 Å². The second-order valence-electron chi connectivity index (χ2n) is 5.51. The molecule has 0 spiro atoms. The highest BCUT2D eigenvalue weighted by atomic mass is 32.1. The summed E-state index contributed by atoms with van der Waals surface area (Å²) in [7, 11) is 0. The van der Waals surface area contributed by atoms with Gasteiger partial charge in [0.1, 0.15) is 11.1 Å². The summed E-state index contributed by atoms with van der Waals surface area (Å²) >= 11 is 1.89. The standard InChI is InChI=1S/C16H28N2OS/c1-4-10-17-11-12-8-7-9-14-15(12)18-16(20-14)13(5-2)19-6-3/h12-13,17H,4-11H2,1-3H3. The van der Waals surface area contributed by atoms with Crippen LogP contribution in [-0.2, 0) is 11.2 Å². The fraction of sp³-hybridized carbons (Fsp3) is 0.812. The molecule has 0 fully saturated rings. The van der Waals surface area contributed by atoms with Crippen molar-refractivity contribution in [3.05, 3.63) is 15.6 Å². The zero-order valence-corrected chi connectivity index (χ0v) is 13.9. The molecule has 0 aliphatic heterocycles. The monoisotopic (exact) mass is 296 g/mol. The first-order chi connectivity index (χ1) is 9.80. The van der Waals surface area contributed by atoms with E-state index in [9.17, 15) is 0 Å². The van der Waals surface area contributed by atoms with Crippen LogP contribution in [0.1, 0.15) is 74.1 Å². The van der Waals surface area contributed by atoms with Gasteiger partial charge in [-0.15, -0.1) is 11.3 Å². The van der Waals surface area contributed by atoms with E-state index in [1.165, 1.54) is 41.3 Å². The van der Waals surface area contributed by atoms with Crippen LogP contribution >= 0.6 is 11.3 Å². The summed E-state index contributed by atoms with van der Waals surface area (Å²) in [6.45, 7) is 9.42. The van der Waals surface area contributed by atoms with E-state index in [4.69, 9.17) is 9.72 Å². The molecule has 1 N–H and O–H groups in total. The van der Waals surface area contributed by atoms with Crippen molar-refractivity contribution in [2.24, 2.45) is 0 Å². The SMILES string of the molecule is CCCNCC1CCCc2sc(C(CC)OCC)nc21. The molecule has 1 aliphatic carbocycles. The van der Waals surface area contributed by atoms with Gasteiger partial charge >= 0.3 is 0 Å². The van der Waals surface area contributed by atoms with E-state index in [0.29, 0.717) is 5.92 Å². The van der Waals surface area contributed by atoms with E-state index in [1.54, 1.807) is 0 Å². The molecular formula is C16H28N2OS. The summed E-state index contributed by atoms with van der Waals surface area (Å²) in [4.78, 5) is 6.46. The lowest BCUT2D eigenvalue weighted by atomic mass is 9.91. The predicted octanol–water partition coefficient (Wildman–Crippen LogP) is 4.05. The largest absolute Gasteiger partial charge is 0.371 e. The molecule has 114 valence electrons. The Morgan fingerprint density at radius 1 is 1.40 bits per heavy atom. The number of aryl methyl sites for hydroxylation is 1. The highest BCUT2D eigenvalue weighted by molar-refractivity contribution is 7.11. The van der Waals surface area contributed by atoms with Crippen LogP contribution in [-0.4, -0.2) is 24.7 Å². The molecule has 3 nitrogen and oxygen atoms in total. The third-order valence-corrected chi connectivity index (χ3v) is 5.14. The van der Waals surface area contributed by atoms with Crippen LogP contribution in [0.3, 0.4) is 0 Å². The molecule has 0 saturated carbocycles. The van der Waals surface area contributed by atoms with Gasteiger partial charge in [-0.1, -0.05) is 13.8 Å². The number of nitrogens with zero attached hydrogens (tertiary/aromatic N) is 1. The second-order valence-corrected chi connectivity index (χ2v) is 6.62. The number of ether oxygens (including phenoxy) is 1. The van der Waals surface area contributed by atoms with Crippen LogP contribution in [0.4, 0.5) is 0 Å². The van der Waals surface area contributed by atoms with Crippen molar-refractivity contribution in [1.29, 1.82) is 0 Å². The van der Waals surface area contributed by atoms with Gasteiger partial charge in [0.05, 0.1) is 5.69 Å². The molecular weight excluding hydrogens is 268 g/mol. The molecule has 1 aliphatic rings. The Balaban J connectivity index is 2.09. The predicted molar refractivity (Wildman–Crippen MR) is 85.6 cm³/mol. The summed E-state index contributed by atoms with van der Waals surface area (Å²) in [5.74, 6) is 0.606. The molecule has 2 rings (SSSR count). The van der Waals surface area contributed by atoms with Gasteiger partial charge in [-0.05, 0) is 45.6 Å². The van der Waals surface area contributed by atoms with Crippen molar-refractivity contribution in [3.8, 4) is 0 Å².